The maximum atomic E-state index is 10.6. The van der Waals surface area contributed by atoms with Crippen molar-refractivity contribution in [1.29, 1.82) is 0 Å². The van der Waals surface area contributed by atoms with Crippen LogP contribution in [0.2, 0.25) is 0 Å². The van der Waals surface area contributed by atoms with Gasteiger partial charge in [0.1, 0.15) is 5.69 Å². The summed E-state index contributed by atoms with van der Waals surface area (Å²) in [7, 11) is 0. The van der Waals surface area contributed by atoms with Crippen LogP contribution in [0.4, 0.5) is 0 Å². The number of aliphatic hydroxyl groups is 1. The maximum Gasteiger partial charge on any atom is 0.151 e. The molecule has 2 atom stereocenters. The molecule has 0 bridgehead atoms. The zero-order chi connectivity index (χ0) is 17.2. The molecule has 1 N–H and O–H groups in total. The van der Waals surface area contributed by atoms with Crippen molar-refractivity contribution >= 4 is 11.3 Å². The van der Waals surface area contributed by atoms with E-state index >= 15 is 0 Å². The number of aryl methyl sites for hydroxylation is 1. The first-order valence-electron chi connectivity index (χ1n) is 8.66. The van der Waals surface area contributed by atoms with E-state index in [0.717, 1.165) is 30.0 Å². The molecule has 2 aromatic heterocycles. The Morgan fingerprint density at radius 1 is 1.28 bits per heavy atom. The number of aromatic nitrogens is 1. The molecule has 1 aliphatic heterocycles. The molecule has 5 heteroatoms. The van der Waals surface area contributed by atoms with Crippen molar-refractivity contribution in [1.82, 2.24) is 10.1 Å². The van der Waals surface area contributed by atoms with Crippen LogP contribution < -0.4 is 0 Å². The van der Waals surface area contributed by atoms with Crippen LogP contribution in [-0.4, -0.2) is 34.4 Å². The zero-order valence-corrected chi connectivity index (χ0v) is 15.1. The van der Waals surface area contributed by atoms with Gasteiger partial charge in [-0.25, -0.2) is 0 Å². The van der Waals surface area contributed by atoms with Crippen LogP contribution in [-0.2, 0) is 6.54 Å². The smallest absolute Gasteiger partial charge is 0.151 e. The third-order valence-corrected chi connectivity index (χ3v) is 6.06. The summed E-state index contributed by atoms with van der Waals surface area (Å²) in [6, 6.07) is 14.2. The number of likely N-dealkylation sites (tertiary alicyclic amines) is 1. The molecule has 1 saturated heterocycles. The Morgan fingerprint density at radius 2 is 2.12 bits per heavy atom. The van der Waals surface area contributed by atoms with Crippen molar-refractivity contribution in [3.05, 3.63) is 64.0 Å². The number of aliphatic hydroxyl groups excluding tert-OH is 1. The van der Waals surface area contributed by atoms with Crippen LogP contribution >= 0.6 is 11.3 Å². The fourth-order valence-corrected chi connectivity index (χ4v) is 4.69. The van der Waals surface area contributed by atoms with Crippen LogP contribution in [0.3, 0.4) is 0 Å². The SMILES string of the molecule is Cc1ccsc1[C@@H]1CCN(Cc2cc(-c3ccccc3)no2)C[C@H]1O. The molecule has 1 aromatic carbocycles. The highest BCUT2D eigenvalue weighted by atomic mass is 32.1. The molecular formula is C20H22N2O2S. The Bertz CT molecular complexity index is 827. The van der Waals surface area contributed by atoms with Gasteiger partial charge in [-0.1, -0.05) is 35.5 Å². The number of rotatable bonds is 4. The molecule has 4 rings (SSSR count). The minimum absolute atomic E-state index is 0.255. The maximum absolute atomic E-state index is 10.6. The lowest BCUT2D eigenvalue weighted by atomic mass is 9.90. The predicted octanol–water partition coefficient (Wildman–Crippen LogP) is 4.06. The van der Waals surface area contributed by atoms with E-state index < -0.39 is 0 Å². The number of β-amino-alcohol motifs (C(OH)–C–C–N with tert-alkyl or cyclic N) is 1. The van der Waals surface area contributed by atoms with E-state index in [1.807, 2.05) is 36.4 Å². The number of benzene rings is 1. The number of hydrogen-bond donors (Lipinski definition) is 1. The monoisotopic (exact) mass is 354 g/mol. The van der Waals surface area contributed by atoms with E-state index in [1.54, 1.807) is 11.3 Å². The molecule has 3 heterocycles. The predicted molar refractivity (Wildman–Crippen MR) is 99.6 cm³/mol. The summed E-state index contributed by atoms with van der Waals surface area (Å²) in [5.74, 6) is 1.10. The zero-order valence-electron chi connectivity index (χ0n) is 14.3. The van der Waals surface area contributed by atoms with Crippen LogP contribution in [0.15, 0.2) is 52.4 Å². The summed E-state index contributed by atoms with van der Waals surface area (Å²) in [5.41, 5.74) is 3.22. The highest BCUT2D eigenvalue weighted by Crippen LogP contribution is 2.34. The second-order valence-electron chi connectivity index (χ2n) is 6.71. The average molecular weight is 354 g/mol. The minimum Gasteiger partial charge on any atom is -0.391 e. The summed E-state index contributed by atoms with van der Waals surface area (Å²) in [4.78, 5) is 3.58. The minimum atomic E-state index is -0.331. The summed E-state index contributed by atoms with van der Waals surface area (Å²) >= 11 is 1.76. The molecule has 25 heavy (non-hydrogen) atoms. The van der Waals surface area contributed by atoms with Gasteiger partial charge >= 0.3 is 0 Å². The first kappa shape index (κ1) is 16.5. The van der Waals surface area contributed by atoms with E-state index in [-0.39, 0.29) is 12.0 Å². The summed E-state index contributed by atoms with van der Waals surface area (Å²) < 4.78 is 5.50. The molecule has 3 aromatic rings. The molecule has 0 unspecified atom stereocenters. The first-order valence-corrected chi connectivity index (χ1v) is 9.54. The molecule has 0 saturated carbocycles. The summed E-state index contributed by atoms with van der Waals surface area (Å²) in [6.45, 7) is 4.45. The standard InChI is InChI=1S/C20H22N2O2S/c1-14-8-10-25-20(14)17-7-9-22(13-19(17)23)12-16-11-18(21-24-16)15-5-3-2-4-6-15/h2-6,8,10-11,17,19,23H,7,9,12-13H2,1H3/t17-,19-/m1/s1. The van der Waals surface area contributed by atoms with Gasteiger partial charge in [0.05, 0.1) is 12.6 Å². The quantitative estimate of drug-likeness (QED) is 0.767. The summed E-state index contributed by atoms with van der Waals surface area (Å²) in [6.07, 6.45) is 0.643. The average Bonchev–Trinajstić information content (AvgIpc) is 3.25. The third-order valence-electron chi connectivity index (χ3n) is 4.91. The van der Waals surface area contributed by atoms with Gasteiger partial charge in [-0.3, -0.25) is 4.90 Å². The molecule has 0 aliphatic carbocycles. The second-order valence-corrected chi connectivity index (χ2v) is 7.66. The van der Waals surface area contributed by atoms with Gasteiger partial charge in [-0.05, 0) is 36.9 Å². The van der Waals surface area contributed by atoms with E-state index in [2.05, 4.69) is 28.4 Å². The van der Waals surface area contributed by atoms with Crippen molar-refractivity contribution < 1.29 is 9.63 Å². The Balaban J connectivity index is 1.40. The molecule has 0 amide bonds. The topological polar surface area (TPSA) is 49.5 Å². The van der Waals surface area contributed by atoms with Crippen molar-refractivity contribution in [2.24, 2.45) is 0 Å². The highest BCUT2D eigenvalue weighted by molar-refractivity contribution is 7.10. The Morgan fingerprint density at radius 3 is 2.84 bits per heavy atom. The highest BCUT2D eigenvalue weighted by Gasteiger charge is 2.30. The van der Waals surface area contributed by atoms with E-state index in [1.165, 1.54) is 10.4 Å². The van der Waals surface area contributed by atoms with Crippen LogP contribution in [0, 0.1) is 6.92 Å². The first-order chi connectivity index (χ1) is 12.2. The lowest BCUT2D eigenvalue weighted by Crippen LogP contribution is -2.42. The van der Waals surface area contributed by atoms with Crippen molar-refractivity contribution in [2.75, 3.05) is 13.1 Å². The van der Waals surface area contributed by atoms with Crippen LogP contribution in [0.25, 0.3) is 11.3 Å². The van der Waals surface area contributed by atoms with Crippen LogP contribution in [0.5, 0.6) is 0 Å². The van der Waals surface area contributed by atoms with Gasteiger partial charge in [-0.15, -0.1) is 11.3 Å². The molecule has 1 fully saturated rings. The normalized spacial score (nSPS) is 21.5. The second kappa shape index (κ2) is 7.12. The van der Waals surface area contributed by atoms with Gasteiger partial charge in [0.2, 0.25) is 0 Å². The number of nitrogens with zero attached hydrogens (tertiary/aromatic N) is 2. The number of thiophene rings is 1. The van der Waals surface area contributed by atoms with E-state index in [0.29, 0.717) is 13.1 Å². The van der Waals surface area contributed by atoms with Gasteiger partial charge in [-0.2, -0.15) is 0 Å². The molecule has 4 nitrogen and oxygen atoms in total. The fourth-order valence-electron chi connectivity index (χ4n) is 3.56. The van der Waals surface area contributed by atoms with Gasteiger partial charge in [0.15, 0.2) is 5.76 Å². The summed E-state index contributed by atoms with van der Waals surface area (Å²) in [5, 5.41) is 16.9. The van der Waals surface area contributed by atoms with Gasteiger partial charge < -0.3 is 9.63 Å². The third kappa shape index (κ3) is 3.54. The number of hydrogen-bond acceptors (Lipinski definition) is 5. The van der Waals surface area contributed by atoms with Crippen molar-refractivity contribution in [3.8, 4) is 11.3 Å². The largest absolute Gasteiger partial charge is 0.391 e. The van der Waals surface area contributed by atoms with Gasteiger partial charge in [0.25, 0.3) is 0 Å². The lowest BCUT2D eigenvalue weighted by molar-refractivity contribution is 0.0446. The fraction of sp³-hybridized carbons (Fsp3) is 0.350. The van der Waals surface area contributed by atoms with Crippen molar-refractivity contribution in [2.45, 2.75) is 31.9 Å². The van der Waals surface area contributed by atoms with Crippen molar-refractivity contribution in [3.63, 3.8) is 0 Å². The van der Waals surface area contributed by atoms with E-state index in [9.17, 15) is 5.11 Å². The van der Waals surface area contributed by atoms with Crippen LogP contribution in [0.1, 0.15) is 28.5 Å². The molecule has 0 spiro atoms. The number of piperidine rings is 1. The van der Waals surface area contributed by atoms with Gasteiger partial charge in [0, 0.05) is 29.0 Å². The molecule has 1 aliphatic rings. The molecular weight excluding hydrogens is 332 g/mol. The Labute approximate surface area is 151 Å². The Kier molecular flexibility index (Phi) is 4.70. The van der Waals surface area contributed by atoms with E-state index in [4.69, 9.17) is 4.52 Å². The molecule has 0 radical (unpaired) electrons. The Hall–Kier alpha value is -1.95. The lowest BCUT2D eigenvalue weighted by Gasteiger charge is -2.35. The molecule has 130 valence electrons.